The normalized spacial score (nSPS) is 10.7. The van der Waals surface area contributed by atoms with Crippen molar-refractivity contribution in [2.45, 2.75) is 18.1 Å². The minimum atomic E-state index is -3.02. The minimum Gasteiger partial charge on any atom is -0.495 e. The third-order valence-corrected chi connectivity index (χ3v) is 4.96. The van der Waals surface area contributed by atoms with Crippen molar-refractivity contribution in [3.05, 3.63) is 66.0 Å². The SMILES string of the molecule is COc1cccc(OC)c1SNC(=O)c1ccc(Cn2cccn2)c(OC(F)F)c1. The summed E-state index contributed by atoms with van der Waals surface area (Å²) in [5.74, 6) is 0.470. The van der Waals surface area contributed by atoms with Gasteiger partial charge in [-0.1, -0.05) is 12.1 Å². The van der Waals surface area contributed by atoms with Crippen LogP contribution in [-0.2, 0) is 6.54 Å². The lowest BCUT2D eigenvalue weighted by atomic mass is 10.1. The fraction of sp³-hybridized carbons (Fsp3) is 0.200. The van der Waals surface area contributed by atoms with Crippen molar-refractivity contribution in [2.75, 3.05) is 14.2 Å². The lowest BCUT2D eigenvalue weighted by molar-refractivity contribution is -0.0505. The van der Waals surface area contributed by atoms with E-state index in [1.54, 1.807) is 47.4 Å². The number of methoxy groups -OCH3 is 2. The fourth-order valence-corrected chi connectivity index (χ4v) is 3.49. The highest BCUT2D eigenvalue weighted by Gasteiger charge is 2.17. The molecule has 0 saturated carbocycles. The molecule has 0 unspecified atom stereocenters. The molecule has 3 aromatic rings. The molecule has 0 atom stereocenters. The monoisotopic (exact) mass is 435 g/mol. The van der Waals surface area contributed by atoms with Crippen LogP contribution in [-0.4, -0.2) is 36.5 Å². The van der Waals surface area contributed by atoms with Gasteiger partial charge in [0.2, 0.25) is 0 Å². The first-order valence-corrected chi connectivity index (χ1v) is 9.56. The number of carbonyl (C=O) groups excluding carboxylic acids is 1. The minimum absolute atomic E-state index is 0.0898. The van der Waals surface area contributed by atoms with Gasteiger partial charge in [0.25, 0.3) is 5.91 Å². The van der Waals surface area contributed by atoms with Crippen LogP contribution in [0, 0.1) is 0 Å². The molecule has 1 heterocycles. The third-order valence-electron chi connectivity index (χ3n) is 4.07. The highest BCUT2D eigenvalue weighted by atomic mass is 32.2. The number of amides is 1. The van der Waals surface area contributed by atoms with Crippen LogP contribution in [0.5, 0.6) is 17.2 Å². The summed E-state index contributed by atoms with van der Waals surface area (Å²) in [5, 5.41) is 4.05. The number of benzene rings is 2. The topological polar surface area (TPSA) is 74.6 Å². The second kappa shape index (κ2) is 9.97. The van der Waals surface area contributed by atoms with Gasteiger partial charge in [-0.3, -0.25) is 14.2 Å². The Bertz CT molecular complexity index is 977. The van der Waals surface area contributed by atoms with Gasteiger partial charge < -0.3 is 14.2 Å². The van der Waals surface area contributed by atoms with Gasteiger partial charge >= 0.3 is 6.61 Å². The number of hydrogen-bond donors (Lipinski definition) is 1. The average molecular weight is 435 g/mol. The molecule has 10 heteroatoms. The summed E-state index contributed by atoms with van der Waals surface area (Å²) in [6.45, 7) is -2.80. The molecule has 158 valence electrons. The van der Waals surface area contributed by atoms with Gasteiger partial charge in [0.15, 0.2) is 0 Å². The largest absolute Gasteiger partial charge is 0.495 e. The van der Waals surface area contributed by atoms with Crippen LogP contribution in [0.3, 0.4) is 0 Å². The molecule has 1 aromatic heterocycles. The van der Waals surface area contributed by atoms with E-state index in [1.165, 1.54) is 26.4 Å². The van der Waals surface area contributed by atoms with Crippen molar-refractivity contribution in [1.82, 2.24) is 14.5 Å². The Morgan fingerprint density at radius 2 is 1.87 bits per heavy atom. The quantitative estimate of drug-likeness (QED) is 0.513. The number of rotatable bonds is 9. The van der Waals surface area contributed by atoms with Crippen LogP contribution >= 0.6 is 11.9 Å². The van der Waals surface area contributed by atoms with E-state index in [0.29, 0.717) is 22.0 Å². The van der Waals surface area contributed by atoms with E-state index in [4.69, 9.17) is 9.47 Å². The average Bonchev–Trinajstić information content (AvgIpc) is 3.25. The standard InChI is InChI=1S/C20H19F2N3O4S/c1-27-15-5-3-6-16(28-2)18(15)30-24-19(26)13-7-8-14(12-25-10-4-9-23-25)17(11-13)29-20(21)22/h3-11,20H,12H2,1-2H3,(H,24,26). The van der Waals surface area contributed by atoms with Crippen LogP contribution in [0.25, 0.3) is 0 Å². The lowest BCUT2D eigenvalue weighted by Gasteiger charge is -2.14. The highest BCUT2D eigenvalue weighted by Crippen LogP contribution is 2.36. The van der Waals surface area contributed by atoms with Gasteiger partial charge in [0.05, 0.1) is 20.8 Å². The van der Waals surface area contributed by atoms with Crippen molar-refractivity contribution in [3.63, 3.8) is 0 Å². The molecule has 2 aromatic carbocycles. The molecular weight excluding hydrogens is 416 g/mol. The molecule has 3 rings (SSSR count). The molecule has 0 bridgehead atoms. The summed E-state index contributed by atoms with van der Waals surface area (Å²) in [6.07, 6.45) is 3.28. The Hall–Kier alpha value is -3.27. The van der Waals surface area contributed by atoms with E-state index in [9.17, 15) is 13.6 Å². The summed E-state index contributed by atoms with van der Waals surface area (Å²) in [4.78, 5) is 13.2. The molecule has 0 saturated heterocycles. The van der Waals surface area contributed by atoms with Gasteiger partial charge in [0, 0.05) is 23.5 Å². The van der Waals surface area contributed by atoms with Gasteiger partial charge in [-0.25, -0.2) is 0 Å². The maximum atomic E-state index is 12.9. The second-order valence-corrected chi connectivity index (χ2v) is 6.75. The maximum Gasteiger partial charge on any atom is 0.387 e. The summed E-state index contributed by atoms with van der Waals surface area (Å²) in [6, 6.07) is 11.3. The number of aromatic nitrogens is 2. The van der Waals surface area contributed by atoms with E-state index in [2.05, 4.69) is 14.6 Å². The van der Waals surface area contributed by atoms with Gasteiger partial charge in [0.1, 0.15) is 22.1 Å². The van der Waals surface area contributed by atoms with Crippen LogP contribution in [0.15, 0.2) is 59.8 Å². The number of alkyl halides is 2. The Balaban J connectivity index is 1.79. The molecule has 1 N–H and O–H groups in total. The smallest absolute Gasteiger partial charge is 0.387 e. The van der Waals surface area contributed by atoms with Crippen LogP contribution in [0.2, 0.25) is 0 Å². The van der Waals surface area contributed by atoms with Gasteiger partial charge in [-0.05, 0) is 42.3 Å². The number of halogens is 2. The lowest BCUT2D eigenvalue weighted by Crippen LogP contribution is -2.17. The van der Waals surface area contributed by atoms with E-state index < -0.39 is 12.5 Å². The van der Waals surface area contributed by atoms with Crippen molar-refractivity contribution >= 4 is 17.9 Å². The molecule has 0 aliphatic heterocycles. The summed E-state index contributed by atoms with van der Waals surface area (Å²) >= 11 is 1.00. The number of ether oxygens (including phenoxy) is 3. The predicted octanol–water partition coefficient (Wildman–Crippen LogP) is 3.99. The molecule has 7 nitrogen and oxygen atoms in total. The van der Waals surface area contributed by atoms with Gasteiger partial charge in [-0.2, -0.15) is 13.9 Å². The molecule has 30 heavy (non-hydrogen) atoms. The maximum absolute atomic E-state index is 12.9. The van der Waals surface area contributed by atoms with E-state index in [0.717, 1.165) is 11.9 Å². The van der Waals surface area contributed by atoms with Crippen molar-refractivity contribution in [2.24, 2.45) is 0 Å². The van der Waals surface area contributed by atoms with E-state index in [-0.39, 0.29) is 17.9 Å². The first-order valence-electron chi connectivity index (χ1n) is 8.75. The Labute approximate surface area is 176 Å². The zero-order valence-corrected chi connectivity index (χ0v) is 17.0. The van der Waals surface area contributed by atoms with Crippen LogP contribution in [0.1, 0.15) is 15.9 Å². The Morgan fingerprint density at radius 3 is 2.47 bits per heavy atom. The number of carbonyl (C=O) groups is 1. The van der Waals surface area contributed by atoms with Gasteiger partial charge in [-0.15, -0.1) is 0 Å². The molecular formula is C20H19F2N3O4S. The highest BCUT2D eigenvalue weighted by molar-refractivity contribution is 7.98. The number of nitrogens with one attached hydrogen (secondary N) is 1. The summed E-state index contributed by atoms with van der Waals surface area (Å²) < 4.78 is 45.2. The first kappa shape index (κ1) is 21.4. The summed E-state index contributed by atoms with van der Waals surface area (Å²) in [5.41, 5.74) is 0.630. The van der Waals surface area contributed by atoms with E-state index >= 15 is 0 Å². The molecule has 0 spiro atoms. The zero-order chi connectivity index (χ0) is 21.5. The number of nitrogens with zero attached hydrogens (tertiary/aromatic N) is 2. The molecule has 1 amide bonds. The molecule has 0 fully saturated rings. The number of hydrogen-bond acceptors (Lipinski definition) is 6. The third kappa shape index (κ3) is 5.20. The second-order valence-electron chi connectivity index (χ2n) is 5.93. The molecule has 0 aliphatic rings. The first-order chi connectivity index (χ1) is 14.5. The van der Waals surface area contributed by atoms with Crippen molar-refractivity contribution in [3.8, 4) is 17.2 Å². The fourth-order valence-electron chi connectivity index (χ4n) is 2.67. The van der Waals surface area contributed by atoms with E-state index in [1.807, 2.05) is 0 Å². The summed E-state index contributed by atoms with van der Waals surface area (Å²) in [7, 11) is 3.01. The van der Waals surface area contributed by atoms with Crippen LogP contribution in [0.4, 0.5) is 8.78 Å². The Kier molecular flexibility index (Phi) is 7.12. The zero-order valence-electron chi connectivity index (χ0n) is 16.2. The van der Waals surface area contributed by atoms with Crippen molar-refractivity contribution < 1.29 is 27.8 Å². The molecule has 0 radical (unpaired) electrons. The van der Waals surface area contributed by atoms with Crippen LogP contribution < -0.4 is 18.9 Å². The van der Waals surface area contributed by atoms with Crippen molar-refractivity contribution in [1.29, 1.82) is 0 Å². The molecule has 0 aliphatic carbocycles. The predicted molar refractivity (Wildman–Crippen MR) is 107 cm³/mol. The Morgan fingerprint density at radius 1 is 1.13 bits per heavy atom.